The Morgan fingerprint density at radius 3 is 2.84 bits per heavy atom. The lowest BCUT2D eigenvalue weighted by Gasteiger charge is -2.18. The number of benzene rings is 1. The van der Waals surface area contributed by atoms with Gasteiger partial charge in [0.1, 0.15) is 5.82 Å². The van der Waals surface area contributed by atoms with Gasteiger partial charge in [-0.1, -0.05) is 6.07 Å². The maximum atomic E-state index is 13.1. The molecule has 2 fully saturated rings. The number of nitrogens with zero attached hydrogens (tertiary/aromatic N) is 2. The van der Waals surface area contributed by atoms with Gasteiger partial charge < -0.3 is 16.0 Å². The number of nitrogens with one attached hydrogen (secondary N) is 3. The average molecular weight is 461 g/mol. The second-order valence-electron chi connectivity index (χ2n) is 6.34. The summed E-state index contributed by atoms with van der Waals surface area (Å²) in [5.74, 6) is 0.00121. The van der Waals surface area contributed by atoms with Gasteiger partial charge in [0.2, 0.25) is 5.91 Å². The number of guanidine groups is 1. The number of likely N-dealkylation sites (tertiary alicyclic amines) is 1. The van der Waals surface area contributed by atoms with Crippen molar-refractivity contribution in [3.8, 4) is 0 Å². The van der Waals surface area contributed by atoms with Gasteiger partial charge in [0.05, 0.1) is 6.54 Å². The van der Waals surface area contributed by atoms with Crippen molar-refractivity contribution in [3.05, 3.63) is 30.1 Å². The van der Waals surface area contributed by atoms with Crippen molar-refractivity contribution in [1.29, 1.82) is 0 Å². The molecular weight excluding hydrogens is 436 g/mol. The molecule has 8 heteroatoms. The van der Waals surface area contributed by atoms with Crippen LogP contribution >= 0.6 is 24.0 Å². The predicted octanol–water partition coefficient (Wildman–Crippen LogP) is 1.78. The zero-order valence-electron chi connectivity index (χ0n) is 14.3. The van der Waals surface area contributed by atoms with Crippen LogP contribution in [0, 0.1) is 5.82 Å². The van der Waals surface area contributed by atoms with Gasteiger partial charge in [0, 0.05) is 37.9 Å². The number of aliphatic imine (C=N–C) groups is 1. The van der Waals surface area contributed by atoms with E-state index in [9.17, 15) is 9.18 Å². The van der Waals surface area contributed by atoms with Crippen molar-refractivity contribution in [1.82, 2.24) is 15.5 Å². The predicted molar refractivity (Wildman–Crippen MR) is 108 cm³/mol. The summed E-state index contributed by atoms with van der Waals surface area (Å²) in [6.45, 7) is 2.23. The molecular formula is C17H25FIN5O. The van der Waals surface area contributed by atoms with Crippen LogP contribution in [0.5, 0.6) is 0 Å². The van der Waals surface area contributed by atoms with E-state index in [0.29, 0.717) is 17.7 Å². The molecule has 0 aromatic heterocycles. The van der Waals surface area contributed by atoms with Gasteiger partial charge in [-0.15, -0.1) is 24.0 Å². The van der Waals surface area contributed by atoms with Crippen LogP contribution in [-0.4, -0.2) is 55.5 Å². The fourth-order valence-corrected chi connectivity index (χ4v) is 3.00. The van der Waals surface area contributed by atoms with Crippen LogP contribution in [0.2, 0.25) is 0 Å². The Morgan fingerprint density at radius 2 is 2.16 bits per heavy atom. The molecule has 1 saturated heterocycles. The van der Waals surface area contributed by atoms with E-state index in [4.69, 9.17) is 0 Å². The van der Waals surface area contributed by atoms with Crippen molar-refractivity contribution >= 4 is 41.5 Å². The van der Waals surface area contributed by atoms with E-state index in [-0.39, 0.29) is 42.2 Å². The maximum Gasteiger partial charge on any atom is 0.243 e. The van der Waals surface area contributed by atoms with Crippen LogP contribution in [0.25, 0.3) is 0 Å². The summed E-state index contributed by atoms with van der Waals surface area (Å²) in [4.78, 5) is 18.6. The maximum absolute atomic E-state index is 13.1. The number of amides is 1. The third-order valence-electron chi connectivity index (χ3n) is 4.37. The Balaban J connectivity index is 0.00000225. The summed E-state index contributed by atoms with van der Waals surface area (Å²) in [5.41, 5.74) is 0.445. The smallest absolute Gasteiger partial charge is 0.243 e. The second kappa shape index (κ2) is 9.33. The van der Waals surface area contributed by atoms with E-state index in [1.165, 1.54) is 25.0 Å². The molecule has 1 aromatic rings. The van der Waals surface area contributed by atoms with E-state index in [1.54, 1.807) is 19.2 Å². The van der Waals surface area contributed by atoms with Crippen LogP contribution < -0.4 is 16.0 Å². The Hall–Kier alpha value is -1.42. The summed E-state index contributed by atoms with van der Waals surface area (Å²) < 4.78 is 13.1. The topological polar surface area (TPSA) is 68.8 Å². The number of rotatable bonds is 5. The molecule has 6 nitrogen and oxygen atoms in total. The number of carbonyl (C=O) groups is 1. The molecule has 1 atom stereocenters. The molecule has 1 amide bonds. The van der Waals surface area contributed by atoms with Crippen molar-refractivity contribution in [3.63, 3.8) is 0 Å². The first-order valence-corrected chi connectivity index (χ1v) is 8.40. The van der Waals surface area contributed by atoms with Crippen molar-refractivity contribution < 1.29 is 9.18 Å². The Morgan fingerprint density at radius 1 is 1.36 bits per heavy atom. The average Bonchev–Trinajstić information content (AvgIpc) is 3.31. The van der Waals surface area contributed by atoms with Crippen LogP contribution in [0.15, 0.2) is 29.3 Å². The SMILES string of the molecule is CN=C(NCC(=O)Nc1cccc(F)c1)NC1CCN(C2CC2)C1.I. The molecule has 0 radical (unpaired) electrons. The normalized spacial score (nSPS) is 20.7. The molecule has 138 valence electrons. The lowest BCUT2D eigenvalue weighted by atomic mass is 10.3. The van der Waals surface area contributed by atoms with Crippen LogP contribution in [0.3, 0.4) is 0 Å². The zero-order chi connectivity index (χ0) is 16.9. The molecule has 2 aliphatic rings. The Kier molecular flexibility index (Phi) is 7.42. The van der Waals surface area contributed by atoms with Crippen LogP contribution in [-0.2, 0) is 4.79 Å². The number of hydrogen-bond donors (Lipinski definition) is 3. The highest BCUT2D eigenvalue weighted by atomic mass is 127. The summed E-state index contributed by atoms with van der Waals surface area (Å²) in [6.07, 6.45) is 3.73. The Bertz CT molecular complexity index is 623. The minimum absolute atomic E-state index is 0. The second-order valence-corrected chi connectivity index (χ2v) is 6.34. The first-order valence-electron chi connectivity index (χ1n) is 8.40. The minimum Gasteiger partial charge on any atom is -0.352 e. The molecule has 25 heavy (non-hydrogen) atoms. The van der Waals surface area contributed by atoms with E-state index >= 15 is 0 Å². The highest BCUT2D eigenvalue weighted by Gasteiger charge is 2.34. The molecule has 3 rings (SSSR count). The largest absolute Gasteiger partial charge is 0.352 e. The summed E-state index contributed by atoms with van der Waals surface area (Å²) in [7, 11) is 1.69. The number of halogens is 2. The van der Waals surface area contributed by atoms with Gasteiger partial charge in [-0.3, -0.25) is 14.7 Å². The van der Waals surface area contributed by atoms with Gasteiger partial charge in [0.15, 0.2) is 5.96 Å². The van der Waals surface area contributed by atoms with Gasteiger partial charge in [-0.25, -0.2) is 4.39 Å². The number of anilines is 1. The van der Waals surface area contributed by atoms with Crippen LogP contribution in [0.4, 0.5) is 10.1 Å². The summed E-state index contributed by atoms with van der Waals surface area (Å²) >= 11 is 0. The molecule has 1 unspecified atom stereocenters. The first-order chi connectivity index (χ1) is 11.6. The fraction of sp³-hybridized carbons (Fsp3) is 0.529. The molecule has 1 saturated carbocycles. The third-order valence-corrected chi connectivity index (χ3v) is 4.37. The summed E-state index contributed by atoms with van der Waals surface area (Å²) in [6, 6.07) is 6.98. The van der Waals surface area contributed by atoms with Crippen LogP contribution in [0.1, 0.15) is 19.3 Å². The molecule has 1 aliphatic carbocycles. The van der Waals surface area contributed by atoms with Crippen molar-refractivity contribution in [2.24, 2.45) is 4.99 Å². The quantitative estimate of drug-likeness (QED) is 0.356. The molecule has 1 aliphatic heterocycles. The molecule has 1 aromatic carbocycles. The molecule has 0 bridgehead atoms. The van der Waals surface area contributed by atoms with E-state index in [0.717, 1.165) is 25.6 Å². The first kappa shape index (κ1) is 19.9. The Labute approximate surface area is 164 Å². The van der Waals surface area contributed by atoms with Gasteiger partial charge in [0.25, 0.3) is 0 Å². The van der Waals surface area contributed by atoms with Gasteiger partial charge >= 0.3 is 0 Å². The van der Waals surface area contributed by atoms with E-state index in [2.05, 4.69) is 25.8 Å². The molecule has 0 spiro atoms. The van der Waals surface area contributed by atoms with E-state index < -0.39 is 0 Å². The summed E-state index contributed by atoms with van der Waals surface area (Å²) in [5, 5.41) is 9.02. The highest BCUT2D eigenvalue weighted by Crippen LogP contribution is 2.29. The van der Waals surface area contributed by atoms with Gasteiger partial charge in [-0.05, 0) is 37.5 Å². The third kappa shape index (κ3) is 6.10. The zero-order valence-corrected chi connectivity index (χ0v) is 16.6. The van der Waals surface area contributed by atoms with Gasteiger partial charge in [-0.2, -0.15) is 0 Å². The fourth-order valence-electron chi connectivity index (χ4n) is 3.00. The standard InChI is InChI=1S/C17H24FN5O.HI/c1-19-17(22-14-7-8-23(11-14)15-5-6-15)20-10-16(24)21-13-4-2-3-12(18)9-13;/h2-4,9,14-15H,5-8,10-11H2,1H3,(H,21,24)(H2,19,20,22);1H. The highest BCUT2D eigenvalue weighted by molar-refractivity contribution is 14.0. The van der Waals surface area contributed by atoms with E-state index in [1.807, 2.05) is 0 Å². The van der Waals surface area contributed by atoms with Crippen molar-refractivity contribution in [2.45, 2.75) is 31.3 Å². The molecule has 3 N–H and O–H groups in total. The monoisotopic (exact) mass is 461 g/mol. The molecule has 1 heterocycles. The van der Waals surface area contributed by atoms with Crippen molar-refractivity contribution in [2.75, 3.05) is 32.0 Å². The minimum atomic E-state index is -0.375. The number of hydrogen-bond acceptors (Lipinski definition) is 3. The number of carbonyl (C=O) groups excluding carboxylic acids is 1. The lowest BCUT2D eigenvalue weighted by molar-refractivity contribution is -0.115. The lowest BCUT2D eigenvalue weighted by Crippen LogP contribution is -2.46.